The summed E-state index contributed by atoms with van der Waals surface area (Å²) in [5.74, 6) is 0.917. The molecule has 6 heteroatoms. The van der Waals surface area contributed by atoms with Crippen LogP contribution < -0.4 is 5.32 Å². The van der Waals surface area contributed by atoms with E-state index in [2.05, 4.69) is 5.32 Å². The van der Waals surface area contributed by atoms with Crippen LogP contribution in [0.4, 0.5) is 0 Å². The van der Waals surface area contributed by atoms with Crippen LogP contribution in [-0.2, 0) is 14.3 Å². The summed E-state index contributed by atoms with van der Waals surface area (Å²) in [5.41, 5.74) is 0. The number of rotatable bonds is 8. The summed E-state index contributed by atoms with van der Waals surface area (Å²) in [6, 6.07) is 0. The molecular weight excluding hydrogens is 266 g/mol. The number of amides is 1. The Labute approximate surface area is 118 Å². The van der Waals surface area contributed by atoms with Gasteiger partial charge in [-0.1, -0.05) is 0 Å². The third-order valence-electron chi connectivity index (χ3n) is 3.45. The van der Waals surface area contributed by atoms with E-state index in [0.717, 1.165) is 31.4 Å². The molecule has 0 spiro atoms. The molecule has 0 aliphatic heterocycles. The average Bonchev–Trinajstić information content (AvgIpc) is 2.42. The quantitative estimate of drug-likeness (QED) is 0.660. The van der Waals surface area contributed by atoms with E-state index in [4.69, 9.17) is 9.84 Å². The van der Waals surface area contributed by atoms with Crippen LogP contribution in [0.5, 0.6) is 0 Å². The first-order valence-corrected chi connectivity index (χ1v) is 7.85. The number of carboxylic acids is 1. The Hall–Kier alpha value is -0.750. The predicted octanol–water partition coefficient (Wildman–Crippen LogP) is 1.37. The first kappa shape index (κ1) is 16.3. The minimum atomic E-state index is -0.683. The van der Waals surface area contributed by atoms with Crippen LogP contribution in [0.3, 0.4) is 0 Å². The summed E-state index contributed by atoms with van der Waals surface area (Å²) in [7, 11) is 1.65. The zero-order valence-corrected chi connectivity index (χ0v) is 12.2. The maximum Gasteiger partial charge on any atom is 0.306 e. The summed E-state index contributed by atoms with van der Waals surface area (Å²) in [6.45, 7) is 1.34. The molecule has 19 heavy (non-hydrogen) atoms. The van der Waals surface area contributed by atoms with Gasteiger partial charge in [0, 0.05) is 19.4 Å². The van der Waals surface area contributed by atoms with E-state index in [-0.39, 0.29) is 11.8 Å². The zero-order valence-electron chi connectivity index (χ0n) is 11.4. The molecule has 0 bridgehead atoms. The molecule has 1 aliphatic rings. The molecule has 5 nitrogen and oxygen atoms in total. The number of methoxy groups -OCH3 is 1. The minimum absolute atomic E-state index is 0.0569. The molecular formula is C13H23NO4S. The van der Waals surface area contributed by atoms with Crippen molar-refractivity contribution in [3.05, 3.63) is 0 Å². The summed E-state index contributed by atoms with van der Waals surface area (Å²) in [6.07, 6.45) is 3.26. The molecule has 1 rings (SSSR count). The van der Waals surface area contributed by atoms with Crippen molar-refractivity contribution < 1.29 is 19.4 Å². The lowest BCUT2D eigenvalue weighted by Crippen LogP contribution is -2.33. The van der Waals surface area contributed by atoms with Gasteiger partial charge in [0.05, 0.1) is 18.3 Å². The van der Waals surface area contributed by atoms with Crippen molar-refractivity contribution in [2.75, 3.05) is 31.8 Å². The van der Waals surface area contributed by atoms with Crippen molar-refractivity contribution in [2.24, 2.45) is 11.8 Å². The second-order valence-corrected chi connectivity index (χ2v) is 6.01. The third-order valence-corrected chi connectivity index (χ3v) is 4.37. The number of carbonyl (C=O) groups is 2. The van der Waals surface area contributed by atoms with Crippen molar-refractivity contribution >= 4 is 23.6 Å². The highest BCUT2D eigenvalue weighted by Crippen LogP contribution is 2.28. The Balaban J connectivity index is 2.06. The number of carbonyl (C=O) groups excluding carboxylic acids is 1. The Morgan fingerprint density at radius 3 is 2.58 bits per heavy atom. The highest BCUT2D eigenvalue weighted by Gasteiger charge is 2.25. The van der Waals surface area contributed by atoms with E-state index in [9.17, 15) is 9.59 Å². The van der Waals surface area contributed by atoms with Crippen molar-refractivity contribution in [3.63, 3.8) is 0 Å². The number of aliphatic carboxylic acids is 1. The molecule has 110 valence electrons. The fourth-order valence-corrected chi connectivity index (χ4v) is 2.95. The number of nitrogens with one attached hydrogen (secondary N) is 1. The number of hydrogen-bond acceptors (Lipinski definition) is 4. The van der Waals surface area contributed by atoms with Crippen molar-refractivity contribution in [3.8, 4) is 0 Å². The molecule has 2 N–H and O–H groups in total. The monoisotopic (exact) mass is 289 g/mol. The lowest BCUT2D eigenvalue weighted by molar-refractivity contribution is -0.143. The second-order valence-electron chi connectivity index (χ2n) is 4.91. The first-order chi connectivity index (χ1) is 9.13. The van der Waals surface area contributed by atoms with E-state index in [1.807, 2.05) is 0 Å². The standard InChI is InChI=1S/C13H23NO4S/c1-18-6-7-19-9-12(15)14-8-10-2-4-11(5-3-10)13(16)17/h10-11H,2-9H2,1H3,(H,14,15)(H,16,17). The molecule has 0 atom stereocenters. The third kappa shape index (κ3) is 6.82. The molecule has 0 aromatic rings. The fraction of sp³-hybridized carbons (Fsp3) is 0.846. The lowest BCUT2D eigenvalue weighted by Gasteiger charge is -2.26. The van der Waals surface area contributed by atoms with Gasteiger partial charge in [-0.2, -0.15) is 0 Å². The van der Waals surface area contributed by atoms with Gasteiger partial charge in [-0.15, -0.1) is 11.8 Å². The maximum absolute atomic E-state index is 11.6. The Morgan fingerprint density at radius 2 is 2.00 bits per heavy atom. The molecule has 1 amide bonds. The molecule has 1 aliphatic carbocycles. The summed E-state index contributed by atoms with van der Waals surface area (Å²) in [5, 5.41) is 11.8. The summed E-state index contributed by atoms with van der Waals surface area (Å²) in [4.78, 5) is 22.4. The predicted molar refractivity (Wildman–Crippen MR) is 75.3 cm³/mol. The smallest absolute Gasteiger partial charge is 0.306 e. The SMILES string of the molecule is COCCSCC(=O)NCC1CCC(C(=O)O)CC1. The van der Waals surface area contributed by atoms with Gasteiger partial charge in [-0.3, -0.25) is 9.59 Å². The average molecular weight is 289 g/mol. The molecule has 0 aromatic carbocycles. The van der Waals surface area contributed by atoms with Crippen LogP contribution in [-0.4, -0.2) is 48.8 Å². The number of carboxylic acid groups (broad SMARTS) is 1. The van der Waals surface area contributed by atoms with Gasteiger partial charge < -0.3 is 15.2 Å². The number of thioether (sulfide) groups is 1. The largest absolute Gasteiger partial charge is 0.481 e. The van der Waals surface area contributed by atoms with Gasteiger partial charge >= 0.3 is 5.97 Å². The molecule has 1 fully saturated rings. The van der Waals surface area contributed by atoms with Crippen LogP contribution in [0.15, 0.2) is 0 Å². The Kier molecular flexibility index (Phi) is 7.90. The van der Waals surface area contributed by atoms with E-state index in [1.54, 1.807) is 18.9 Å². The number of hydrogen-bond donors (Lipinski definition) is 2. The highest BCUT2D eigenvalue weighted by molar-refractivity contribution is 7.99. The second kappa shape index (κ2) is 9.20. The van der Waals surface area contributed by atoms with Crippen LogP contribution in [0, 0.1) is 11.8 Å². The lowest BCUT2D eigenvalue weighted by atomic mass is 9.82. The zero-order chi connectivity index (χ0) is 14.1. The fourth-order valence-electron chi connectivity index (χ4n) is 2.23. The normalized spacial score (nSPS) is 23.0. The molecule has 0 aromatic heterocycles. The van der Waals surface area contributed by atoms with E-state index in [1.165, 1.54) is 0 Å². The van der Waals surface area contributed by atoms with Gasteiger partial charge in [0.15, 0.2) is 0 Å². The summed E-state index contributed by atoms with van der Waals surface area (Å²) >= 11 is 1.56. The molecule has 1 saturated carbocycles. The van der Waals surface area contributed by atoms with Gasteiger partial charge in [0.2, 0.25) is 5.91 Å². The van der Waals surface area contributed by atoms with E-state index < -0.39 is 5.97 Å². The van der Waals surface area contributed by atoms with Crippen LogP contribution >= 0.6 is 11.8 Å². The highest BCUT2D eigenvalue weighted by atomic mass is 32.2. The molecule has 0 radical (unpaired) electrons. The van der Waals surface area contributed by atoms with Gasteiger partial charge in [-0.25, -0.2) is 0 Å². The minimum Gasteiger partial charge on any atom is -0.481 e. The first-order valence-electron chi connectivity index (χ1n) is 6.69. The molecule has 0 saturated heterocycles. The van der Waals surface area contributed by atoms with Gasteiger partial charge in [-0.05, 0) is 31.6 Å². The van der Waals surface area contributed by atoms with Gasteiger partial charge in [0.1, 0.15) is 0 Å². The topological polar surface area (TPSA) is 75.6 Å². The van der Waals surface area contributed by atoms with Crippen LogP contribution in [0.2, 0.25) is 0 Å². The van der Waals surface area contributed by atoms with E-state index >= 15 is 0 Å². The van der Waals surface area contributed by atoms with Crippen molar-refractivity contribution in [1.29, 1.82) is 0 Å². The van der Waals surface area contributed by atoms with E-state index in [0.29, 0.717) is 24.8 Å². The Morgan fingerprint density at radius 1 is 1.32 bits per heavy atom. The van der Waals surface area contributed by atoms with Crippen molar-refractivity contribution in [2.45, 2.75) is 25.7 Å². The summed E-state index contributed by atoms with van der Waals surface area (Å²) < 4.78 is 4.91. The maximum atomic E-state index is 11.6. The van der Waals surface area contributed by atoms with Crippen LogP contribution in [0.25, 0.3) is 0 Å². The molecule has 0 heterocycles. The van der Waals surface area contributed by atoms with Gasteiger partial charge in [0.25, 0.3) is 0 Å². The van der Waals surface area contributed by atoms with Crippen LogP contribution in [0.1, 0.15) is 25.7 Å². The Bertz CT molecular complexity index is 290. The number of ether oxygens (including phenoxy) is 1. The molecule has 0 unspecified atom stereocenters. The van der Waals surface area contributed by atoms with Crippen molar-refractivity contribution in [1.82, 2.24) is 5.32 Å².